The van der Waals surface area contributed by atoms with Gasteiger partial charge in [0.05, 0.1) is 17.4 Å². The predicted molar refractivity (Wildman–Crippen MR) is 63.7 cm³/mol. The summed E-state index contributed by atoms with van der Waals surface area (Å²) in [5, 5.41) is 23.1. The molecule has 2 aromatic carbocycles. The van der Waals surface area contributed by atoms with Gasteiger partial charge >= 0.3 is 0 Å². The fourth-order valence-corrected chi connectivity index (χ4v) is 2.10. The zero-order valence-corrected chi connectivity index (χ0v) is 9.91. The molecule has 0 spiro atoms. The number of carboxylic acid groups (broad SMARTS) is 2. The lowest BCUT2D eigenvalue weighted by Crippen LogP contribution is -2.57. The maximum atomic E-state index is 11.5. The van der Waals surface area contributed by atoms with Crippen molar-refractivity contribution in [2.24, 2.45) is 0 Å². The normalized spacial score (nSPS) is 10.9. The van der Waals surface area contributed by atoms with Crippen LogP contribution in [0.2, 0.25) is 0 Å². The molecule has 4 nitrogen and oxygen atoms in total. The van der Waals surface area contributed by atoms with Crippen molar-refractivity contribution in [1.29, 1.82) is 0 Å². The molecule has 0 heterocycles. The molecule has 96 valence electrons. The maximum absolute atomic E-state index is 11.5. The van der Waals surface area contributed by atoms with Crippen molar-refractivity contribution in [1.82, 2.24) is 0 Å². The van der Waals surface area contributed by atoms with Crippen LogP contribution in [0.25, 0.3) is 0 Å². The van der Waals surface area contributed by atoms with Crippen molar-refractivity contribution >= 4 is 11.9 Å². The number of carbonyl (C=O) groups excluding carboxylic acids is 2. The Labute approximate surface area is 109 Å². The first-order valence-electron chi connectivity index (χ1n) is 5.64. The summed E-state index contributed by atoms with van der Waals surface area (Å²) in [5.41, 5.74) is -2.11. The lowest BCUT2D eigenvalue weighted by atomic mass is 9.74. The van der Waals surface area contributed by atoms with E-state index in [0.717, 1.165) is 0 Å². The number of hydrogen-bond donors (Lipinski definition) is 0. The van der Waals surface area contributed by atoms with E-state index in [0.29, 0.717) is 0 Å². The molecular formula is C15H10O4-2. The van der Waals surface area contributed by atoms with Crippen LogP contribution in [0.3, 0.4) is 0 Å². The number of carboxylic acids is 2. The molecule has 0 saturated heterocycles. The number of carbonyl (C=O) groups is 2. The van der Waals surface area contributed by atoms with Gasteiger partial charge in [-0.1, -0.05) is 60.7 Å². The van der Waals surface area contributed by atoms with E-state index in [9.17, 15) is 19.8 Å². The highest BCUT2D eigenvalue weighted by Gasteiger charge is 2.37. The van der Waals surface area contributed by atoms with Crippen LogP contribution in [0.5, 0.6) is 0 Å². The highest BCUT2D eigenvalue weighted by Crippen LogP contribution is 2.31. The molecule has 0 bridgehead atoms. The third-order valence-corrected chi connectivity index (χ3v) is 3.03. The van der Waals surface area contributed by atoms with Gasteiger partial charge in [0.15, 0.2) is 0 Å². The molecule has 0 N–H and O–H groups in total. The second-order valence-electron chi connectivity index (χ2n) is 4.06. The molecule has 0 aliphatic heterocycles. The molecule has 0 amide bonds. The summed E-state index contributed by atoms with van der Waals surface area (Å²) < 4.78 is 0. The molecule has 0 saturated carbocycles. The van der Waals surface area contributed by atoms with E-state index in [4.69, 9.17) is 0 Å². The first-order chi connectivity index (χ1) is 9.10. The van der Waals surface area contributed by atoms with Gasteiger partial charge in [0.25, 0.3) is 0 Å². The van der Waals surface area contributed by atoms with Crippen LogP contribution in [-0.4, -0.2) is 11.9 Å². The molecule has 0 aliphatic rings. The lowest BCUT2D eigenvalue weighted by Gasteiger charge is -2.36. The van der Waals surface area contributed by atoms with E-state index in [1.54, 1.807) is 36.4 Å². The Balaban J connectivity index is 2.77. The molecule has 0 aliphatic carbocycles. The summed E-state index contributed by atoms with van der Waals surface area (Å²) >= 11 is 0. The second-order valence-corrected chi connectivity index (χ2v) is 4.06. The first kappa shape index (κ1) is 12.8. The summed E-state index contributed by atoms with van der Waals surface area (Å²) in [6.07, 6.45) is 0. The highest BCUT2D eigenvalue weighted by atomic mass is 16.4. The highest BCUT2D eigenvalue weighted by molar-refractivity contribution is 6.07. The second kappa shape index (κ2) is 4.94. The van der Waals surface area contributed by atoms with Crippen molar-refractivity contribution in [3.63, 3.8) is 0 Å². The minimum Gasteiger partial charge on any atom is -0.548 e. The smallest absolute Gasteiger partial charge is 0.0991 e. The van der Waals surface area contributed by atoms with E-state index in [2.05, 4.69) is 0 Å². The van der Waals surface area contributed by atoms with Gasteiger partial charge in [-0.3, -0.25) is 0 Å². The monoisotopic (exact) mass is 254 g/mol. The van der Waals surface area contributed by atoms with Crippen molar-refractivity contribution in [3.05, 3.63) is 71.8 Å². The topological polar surface area (TPSA) is 80.3 Å². The predicted octanol–water partition coefficient (Wildman–Crippen LogP) is -0.527. The van der Waals surface area contributed by atoms with Crippen LogP contribution in [0.1, 0.15) is 11.1 Å². The van der Waals surface area contributed by atoms with Crippen LogP contribution in [0, 0.1) is 0 Å². The van der Waals surface area contributed by atoms with Gasteiger partial charge in [0.1, 0.15) is 0 Å². The quantitative estimate of drug-likeness (QED) is 0.687. The third-order valence-electron chi connectivity index (χ3n) is 3.03. The SMILES string of the molecule is O=C([O-])C(C(=O)[O-])(c1ccccc1)c1ccccc1. The molecule has 0 atom stereocenters. The van der Waals surface area contributed by atoms with E-state index < -0.39 is 17.4 Å². The van der Waals surface area contributed by atoms with E-state index in [1.807, 2.05) is 0 Å². The zero-order chi connectivity index (χ0) is 13.9. The van der Waals surface area contributed by atoms with Crippen molar-refractivity contribution in [2.75, 3.05) is 0 Å². The fraction of sp³-hybridized carbons (Fsp3) is 0.0667. The van der Waals surface area contributed by atoms with Gasteiger partial charge in [0.2, 0.25) is 0 Å². The number of rotatable bonds is 4. The van der Waals surface area contributed by atoms with Gasteiger partial charge in [-0.25, -0.2) is 0 Å². The number of hydrogen-bond acceptors (Lipinski definition) is 4. The fourth-order valence-electron chi connectivity index (χ4n) is 2.10. The van der Waals surface area contributed by atoms with Crippen LogP contribution < -0.4 is 10.2 Å². The van der Waals surface area contributed by atoms with E-state index in [-0.39, 0.29) is 11.1 Å². The molecule has 0 radical (unpaired) electrons. The summed E-state index contributed by atoms with van der Waals surface area (Å²) in [6.45, 7) is 0. The Kier molecular flexibility index (Phi) is 3.33. The molecule has 2 aromatic rings. The summed E-state index contributed by atoms with van der Waals surface area (Å²) in [4.78, 5) is 23.1. The average Bonchev–Trinajstić information content (AvgIpc) is 2.41. The molecular weight excluding hydrogens is 244 g/mol. The standard InChI is InChI=1S/C15H12O4/c16-13(17)15(14(18)19,11-7-3-1-4-8-11)12-9-5-2-6-10-12/h1-10H,(H,16,17)(H,18,19)/p-2. The van der Waals surface area contributed by atoms with Gasteiger partial charge in [-0.2, -0.15) is 0 Å². The van der Waals surface area contributed by atoms with Gasteiger partial charge < -0.3 is 19.8 Å². The van der Waals surface area contributed by atoms with Crippen LogP contribution in [-0.2, 0) is 15.0 Å². The first-order valence-corrected chi connectivity index (χ1v) is 5.64. The van der Waals surface area contributed by atoms with Crippen molar-refractivity contribution < 1.29 is 19.8 Å². The minimum absolute atomic E-state index is 0.0983. The van der Waals surface area contributed by atoms with Crippen molar-refractivity contribution in [3.8, 4) is 0 Å². The molecule has 0 fully saturated rings. The number of benzene rings is 2. The third kappa shape index (κ3) is 1.97. The van der Waals surface area contributed by atoms with Gasteiger partial charge in [0, 0.05) is 0 Å². The Morgan fingerprint density at radius 1 is 0.684 bits per heavy atom. The Bertz CT molecular complexity index is 535. The molecule has 19 heavy (non-hydrogen) atoms. The number of aliphatic carboxylic acids is 2. The maximum Gasteiger partial charge on any atom is 0.0991 e. The van der Waals surface area contributed by atoms with Crippen LogP contribution >= 0.6 is 0 Å². The van der Waals surface area contributed by atoms with Gasteiger partial charge in [-0.15, -0.1) is 0 Å². The Morgan fingerprint density at radius 3 is 1.26 bits per heavy atom. The van der Waals surface area contributed by atoms with Crippen molar-refractivity contribution in [2.45, 2.75) is 5.41 Å². The molecule has 0 aromatic heterocycles. The molecule has 0 unspecified atom stereocenters. The van der Waals surface area contributed by atoms with Crippen LogP contribution in [0.4, 0.5) is 0 Å². The lowest BCUT2D eigenvalue weighted by molar-refractivity contribution is -0.332. The average molecular weight is 254 g/mol. The summed E-state index contributed by atoms with van der Waals surface area (Å²) in [5.74, 6) is -3.44. The van der Waals surface area contributed by atoms with E-state index >= 15 is 0 Å². The molecule has 2 rings (SSSR count). The van der Waals surface area contributed by atoms with Crippen LogP contribution in [0.15, 0.2) is 60.7 Å². The molecule has 4 heteroatoms. The Hall–Kier alpha value is -2.62. The zero-order valence-electron chi connectivity index (χ0n) is 9.91. The van der Waals surface area contributed by atoms with E-state index in [1.165, 1.54) is 24.3 Å². The largest absolute Gasteiger partial charge is 0.548 e. The Morgan fingerprint density at radius 2 is 1.00 bits per heavy atom. The summed E-state index contributed by atoms with van der Waals surface area (Å²) in [7, 11) is 0. The van der Waals surface area contributed by atoms with Gasteiger partial charge in [-0.05, 0) is 11.1 Å². The minimum atomic E-state index is -2.30. The summed E-state index contributed by atoms with van der Waals surface area (Å²) in [6, 6.07) is 15.3.